The highest BCUT2D eigenvalue weighted by molar-refractivity contribution is 9.10. The molecule has 1 heterocycles. The van der Waals surface area contributed by atoms with Gasteiger partial charge in [0, 0.05) is 16.8 Å². The molecule has 1 aliphatic heterocycles. The van der Waals surface area contributed by atoms with Crippen LogP contribution in [0, 0.1) is 0 Å². The fourth-order valence-electron chi connectivity index (χ4n) is 2.17. The second-order valence-electron chi connectivity index (χ2n) is 4.74. The Bertz CT molecular complexity index is 509. The lowest BCUT2D eigenvalue weighted by atomic mass is 10.0. The Morgan fingerprint density at radius 2 is 2.32 bits per heavy atom. The van der Waals surface area contributed by atoms with E-state index in [1.54, 1.807) is 0 Å². The Balaban J connectivity index is 2.33. The van der Waals surface area contributed by atoms with Gasteiger partial charge in [0.05, 0.1) is 23.7 Å². The molecule has 0 bridgehead atoms. The number of benzene rings is 1. The fraction of sp³-hybridized carbons (Fsp3) is 0.462. The monoisotopic (exact) mass is 345 g/mol. The van der Waals surface area contributed by atoms with E-state index in [4.69, 9.17) is 22.1 Å². The summed E-state index contributed by atoms with van der Waals surface area (Å²) < 4.78 is 6.40. The number of aliphatic imine (C=N–C) groups is 1. The van der Waals surface area contributed by atoms with Gasteiger partial charge in [0.1, 0.15) is 0 Å². The highest BCUT2D eigenvalue weighted by Crippen LogP contribution is 2.33. The van der Waals surface area contributed by atoms with Gasteiger partial charge in [-0.2, -0.15) is 0 Å². The van der Waals surface area contributed by atoms with Crippen molar-refractivity contribution >= 4 is 39.2 Å². The summed E-state index contributed by atoms with van der Waals surface area (Å²) in [4.78, 5) is 6.35. The van der Waals surface area contributed by atoms with E-state index < -0.39 is 0 Å². The molecule has 19 heavy (non-hydrogen) atoms. The van der Waals surface area contributed by atoms with Crippen LogP contribution in [0.4, 0.5) is 5.69 Å². The molecule has 1 unspecified atom stereocenters. The predicted octanol–water partition coefficient (Wildman–Crippen LogP) is 3.03. The molecule has 1 aromatic rings. The minimum atomic E-state index is -0.257. The summed E-state index contributed by atoms with van der Waals surface area (Å²) in [5, 5.41) is 0.671. The molecule has 1 aromatic carbocycles. The Morgan fingerprint density at radius 3 is 2.95 bits per heavy atom. The molecule has 2 rings (SSSR count). The van der Waals surface area contributed by atoms with Gasteiger partial charge in [0.15, 0.2) is 5.96 Å². The van der Waals surface area contributed by atoms with Gasteiger partial charge < -0.3 is 15.4 Å². The van der Waals surface area contributed by atoms with Crippen LogP contribution in [-0.4, -0.2) is 31.3 Å². The largest absolute Gasteiger partial charge is 0.379 e. The van der Waals surface area contributed by atoms with Crippen LogP contribution in [0.15, 0.2) is 27.7 Å². The molecule has 1 atom stereocenters. The standard InChI is InChI=1S/C13H17BrClN3O/c1-3-19-8-13(2)7-17-12(16)18(13)9-4-5-11(15)10(14)6-9/h4-6H,3,7-8H2,1-2H3,(H2,16,17). The normalized spacial score (nSPS) is 22.7. The van der Waals surface area contributed by atoms with Gasteiger partial charge in [-0.25, -0.2) is 0 Å². The van der Waals surface area contributed by atoms with E-state index in [1.807, 2.05) is 30.0 Å². The summed E-state index contributed by atoms with van der Waals surface area (Å²) >= 11 is 9.46. The second-order valence-corrected chi connectivity index (χ2v) is 6.00. The number of guanidine groups is 1. The van der Waals surface area contributed by atoms with E-state index in [9.17, 15) is 0 Å². The van der Waals surface area contributed by atoms with Gasteiger partial charge in [0.2, 0.25) is 0 Å². The molecule has 0 radical (unpaired) electrons. The van der Waals surface area contributed by atoms with Crippen LogP contribution < -0.4 is 10.6 Å². The first-order chi connectivity index (χ1) is 8.98. The summed E-state index contributed by atoms with van der Waals surface area (Å²) in [5.41, 5.74) is 6.72. The Labute approximate surface area is 126 Å². The Kier molecular flexibility index (Phi) is 4.38. The van der Waals surface area contributed by atoms with E-state index in [2.05, 4.69) is 27.8 Å². The average molecular weight is 347 g/mol. The lowest BCUT2D eigenvalue weighted by Crippen LogP contribution is -2.53. The molecule has 0 spiro atoms. The number of rotatable bonds is 4. The van der Waals surface area contributed by atoms with Gasteiger partial charge in [-0.05, 0) is 48.0 Å². The number of hydrogen-bond acceptors (Lipinski definition) is 4. The SMILES string of the molecule is CCOCC1(C)CN=C(N)N1c1ccc(Cl)c(Br)c1. The van der Waals surface area contributed by atoms with Crippen LogP contribution >= 0.6 is 27.5 Å². The first-order valence-corrected chi connectivity index (χ1v) is 7.28. The third-order valence-corrected chi connectivity index (χ3v) is 4.34. The molecule has 0 amide bonds. The van der Waals surface area contributed by atoms with Crippen molar-refractivity contribution in [2.75, 3.05) is 24.7 Å². The van der Waals surface area contributed by atoms with Crippen molar-refractivity contribution in [1.29, 1.82) is 0 Å². The lowest BCUT2D eigenvalue weighted by molar-refractivity contribution is 0.108. The van der Waals surface area contributed by atoms with Crippen LogP contribution in [0.25, 0.3) is 0 Å². The first kappa shape index (κ1) is 14.6. The number of anilines is 1. The number of nitrogens with two attached hydrogens (primary N) is 1. The fourth-order valence-corrected chi connectivity index (χ4v) is 2.65. The maximum Gasteiger partial charge on any atom is 0.196 e. The number of ether oxygens (including phenoxy) is 1. The van der Waals surface area contributed by atoms with Crippen molar-refractivity contribution < 1.29 is 4.74 Å². The van der Waals surface area contributed by atoms with Crippen molar-refractivity contribution in [2.24, 2.45) is 10.7 Å². The molecule has 6 heteroatoms. The van der Waals surface area contributed by atoms with Gasteiger partial charge in [-0.15, -0.1) is 0 Å². The summed E-state index contributed by atoms with van der Waals surface area (Å²) in [6, 6.07) is 5.72. The van der Waals surface area contributed by atoms with Crippen LogP contribution in [0.5, 0.6) is 0 Å². The van der Waals surface area contributed by atoms with E-state index in [1.165, 1.54) is 0 Å². The van der Waals surface area contributed by atoms with E-state index >= 15 is 0 Å². The molecule has 1 aliphatic rings. The van der Waals surface area contributed by atoms with E-state index in [0.29, 0.717) is 30.7 Å². The number of hydrogen-bond donors (Lipinski definition) is 1. The quantitative estimate of drug-likeness (QED) is 0.911. The van der Waals surface area contributed by atoms with Crippen molar-refractivity contribution in [3.8, 4) is 0 Å². The van der Waals surface area contributed by atoms with Crippen molar-refractivity contribution in [2.45, 2.75) is 19.4 Å². The van der Waals surface area contributed by atoms with Crippen LogP contribution in [-0.2, 0) is 4.74 Å². The summed E-state index contributed by atoms with van der Waals surface area (Å²) in [7, 11) is 0. The first-order valence-electron chi connectivity index (χ1n) is 6.11. The molecule has 0 saturated heterocycles. The van der Waals surface area contributed by atoms with Crippen LogP contribution in [0.1, 0.15) is 13.8 Å². The summed E-state index contributed by atoms with van der Waals surface area (Å²) in [6.07, 6.45) is 0. The number of halogens is 2. The molecule has 0 aromatic heterocycles. The van der Waals surface area contributed by atoms with Gasteiger partial charge in [-0.3, -0.25) is 4.99 Å². The molecule has 0 aliphatic carbocycles. The van der Waals surface area contributed by atoms with Crippen LogP contribution in [0.3, 0.4) is 0 Å². The van der Waals surface area contributed by atoms with Gasteiger partial charge in [0.25, 0.3) is 0 Å². The molecular formula is C13H17BrClN3O. The highest BCUT2D eigenvalue weighted by Gasteiger charge is 2.39. The summed E-state index contributed by atoms with van der Waals surface area (Å²) in [5.74, 6) is 0.511. The van der Waals surface area contributed by atoms with E-state index in [0.717, 1.165) is 10.2 Å². The minimum Gasteiger partial charge on any atom is -0.379 e. The molecule has 0 fully saturated rings. The lowest BCUT2D eigenvalue weighted by Gasteiger charge is -2.36. The van der Waals surface area contributed by atoms with Gasteiger partial charge in [-0.1, -0.05) is 11.6 Å². The molecule has 4 nitrogen and oxygen atoms in total. The highest BCUT2D eigenvalue weighted by atomic mass is 79.9. The minimum absolute atomic E-state index is 0.257. The average Bonchev–Trinajstić information content (AvgIpc) is 2.67. The van der Waals surface area contributed by atoms with Crippen LogP contribution in [0.2, 0.25) is 5.02 Å². The van der Waals surface area contributed by atoms with Crippen molar-refractivity contribution in [3.63, 3.8) is 0 Å². The summed E-state index contributed by atoms with van der Waals surface area (Å²) in [6.45, 7) is 5.95. The number of nitrogens with zero attached hydrogens (tertiary/aromatic N) is 2. The molecule has 2 N–H and O–H groups in total. The third kappa shape index (κ3) is 2.88. The zero-order valence-corrected chi connectivity index (χ0v) is 13.3. The second kappa shape index (κ2) is 5.69. The molecule has 0 saturated carbocycles. The maximum atomic E-state index is 6.03. The zero-order valence-electron chi connectivity index (χ0n) is 11.0. The predicted molar refractivity (Wildman–Crippen MR) is 83.0 cm³/mol. The van der Waals surface area contributed by atoms with Crippen molar-refractivity contribution in [1.82, 2.24) is 0 Å². The van der Waals surface area contributed by atoms with Crippen molar-refractivity contribution in [3.05, 3.63) is 27.7 Å². The Morgan fingerprint density at radius 1 is 1.58 bits per heavy atom. The zero-order chi connectivity index (χ0) is 14.0. The van der Waals surface area contributed by atoms with E-state index in [-0.39, 0.29) is 5.54 Å². The van der Waals surface area contributed by atoms with Gasteiger partial charge >= 0.3 is 0 Å². The molecule has 104 valence electrons. The molecular weight excluding hydrogens is 330 g/mol. The third-order valence-electron chi connectivity index (χ3n) is 3.13. The Hall–Kier alpha value is -0.780. The topological polar surface area (TPSA) is 50.9 Å². The smallest absolute Gasteiger partial charge is 0.196 e. The maximum absolute atomic E-state index is 6.03.